The van der Waals surface area contributed by atoms with Crippen LogP contribution in [-0.2, 0) is 25.8 Å². The van der Waals surface area contributed by atoms with Gasteiger partial charge in [0.15, 0.2) is 5.16 Å². The van der Waals surface area contributed by atoms with Crippen molar-refractivity contribution < 1.29 is 0 Å². The Balaban J connectivity index is 1.61. The van der Waals surface area contributed by atoms with Crippen LogP contribution in [0.25, 0.3) is 0 Å². The van der Waals surface area contributed by atoms with Crippen LogP contribution in [0.5, 0.6) is 0 Å². The number of hydrogen-bond acceptors (Lipinski definition) is 5. The summed E-state index contributed by atoms with van der Waals surface area (Å²) in [7, 11) is 2.17. The van der Waals surface area contributed by atoms with E-state index >= 15 is 0 Å². The number of anilines is 1. The second-order valence-electron chi connectivity index (χ2n) is 6.72. The Hall–Kier alpha value is -1.59. The summed E-state index contributed by atoms with van der Waals surface area (Å²) in [4.78, 5) is 12.0. The minimum Gasteiger partial charge on any atom is -0.366 e. The first-order valence-electron chi connectivity index (χ1n) is 8.77. The number of hydrogen-bond donors (Lipinski definition) is 1. The third-order valence-corrected chi connectivity index (χ3v) is 5.63. The molecule has 5 heteroatoms. The maximum absolute atomic E-state index is 4.85. The molecule has 2 aliphatic rings. The standard InChI is InChI=1S/C19H24N4S/c1-3-24-19-21-17-8-9-23(2)12-16(17)18(22-19)20-15-10-13-6-4-5-7-14(13)11-15/h4-7,15H,3,8-12H2,1-2H3,(H,20,21,22). The molecule has 0 saturated heterocycles. The molecule has 0 radical (unpaired) electrons. The van der Waals surface area contributed by atoms with Crippen LogP contribution in [-0.4, -0.2) is 40.3 Å². The molecule has 0 fully saturated rings. The van der Waals surface area contributed by atoms with Gasteiger partial charge in [-0.2, -0.15) is 0 Å². The van der Waals surface area contributed by atoms with Crippen molar-refractivity contribution in [1.82, 2.24) is 14.9 Å². The van der Waals surface area contributed by atoms with Gasteiger partial charge < -0.3 is 10.2 Å². The van der Waals surface area contributed by atoms with E-state index in [9.17, 15) is 0 Å². The Labute approximate surface area is 148 Å². The van der Waals surface area contributed by atoms with Crippen molar-refractivity contribution in [1.29, 1.82) is 0 Å². The molecule has 0 bridgehead atoms. The lowest BCUT2D eigenvalue weighted by molar-refractivity contribution is 0.308. The Morgan fingerprint density at radius 3 is 2.67 bits per heavy atom. The average Bonchev–Trinajstić information content (AvgIpc) is 2.98. The summed E-state index contributed by atoms with van der Waals surface area (Å²) in [6.45, 7) is 4.17. The summed E-state index contributed by atoms with van der Waals surface area (Å²) in [6, 6.07) is 9.21. The van der Waals surface area contributed by atoms with Gasteiger partial charge in [0.05, 0.1) is 5.69 Å². The molecule has 0 saturated carbocycles. The average molecular weight is 340 g/mol. The third kappa shape index (κ3) is 3.15. The van der Waals surface area contributed by atoms with Gasteiger partial charge in [0, 0.05) is 31.1 Å². The van der Waals surface area contributed by atoms with E-state index in [-0.39, 0.29) is 0 Å². The number of nitrogens with one attached hydrogen (secondary N) is 1. The first-order valence-corrected chi connectivity index (χ1v) is 9.76. The van der Waals surface area contributed by atoms with Crippen LogP contribution in [0.2, 0.25) is 0 Å². The molecule has 4 rings (SSSR count). The lowest BCUT2D eigenvalue weighted by atomic mass is 10.1. The Bertz CT molecular complexity index is 721. The van der Waals surface area contributed by atoms with Crippen LogP contribution < -0.4 is 5.32 Å². The van der Waals surface area contributed by atoms with E-state index in [0.717, 1.165) is 49.1 Å². The van der Waals surface area contributed by atoms with Gasteiger partial charge in [-0.05, 0) is 36.8 Å². The lowest BCUT2D eigenvalue weighted by Gasteiger charge is -2.27. The summed E-state index contributed by atoms with van der Waals surface area (Å²) < 4.78 is 0. The number of aromatic nitrogens is 2. The maximum atomic E-state index is 4.85. The van der Waals surface area contributed by atoms with Gasteiger partial charge in [-0.15, -0.1) is 0 Å². The number of benzene rings is 1. The van der Waals surface area contributed by atoms with E-state index in [1.165, 1.54) is 22.4 Å². The van der Waals surface area contributed by atoms with Crippen LogP contribution >= 0.6 is 11.8 Å². The van der Waals surface area contributed by atoms with Crippen LogP contribution in [0, 0.1) is 0 Å². The van der Waals surface area contributed by atoms with Crippen molar-refractivity contribution in [2.75, 3.05) is 24.7 Å². The van der Waals surface area contributed by atoms with Crippen LogP contribution in [0.1, 0.15) is 29.3 Å². The fourth-order valence-electron chi connectivity index (χ4n) is 3.69. The zero-order chi connectivity index (χ0) is 16.5. The Kier molecular flexibility index (Phi) is 4.46. The molecule has 1 aliphatic carbocycles. The van der Waals surface area contributed by atoms with Gasteiger partial charge >= 0.3 is 0 Å². The quantitative estimate of drug-likeness (QED) is 0.684. The van der Waals surface area contributed by atoms with Crippen molar-refractivity contribution in [3.63, 3.8) is 0 Å². The van der Waals surface area contributed by atoms with Crippen molar-refractivity contribution in [2.45, 2.75) is 43.9 Å². The minimum absolute atomic E-state index is 0.438. The SMILES string of the molecule is CCSc1nc2c(c(NC3Cc4ccccc4C3)n1)CN(C)CC2. The van der Waals surface area contributed by atoms with Crippen molar-refractivity contribution in [3.05, 3.63) is 46.6 Å². The maximum Gasteiger partial charge on any atom is 0.189 e. The highest BCUT2D eigenvalue weighted by atomic mass is 32.2. The van der Waals surface area contributed by atoms with Crippen molar-refractivity contribution >= 4 is 17.6 Å². The second-order valence-corrected chi connectivity index (χ2v) is 7.95. The van der Waals surface area contributed by atoms with E-state index in [2.05, 4.69) is 48.5 Å². The molecule has 1 aromatic carbocycles. The molecule has 4 nitrogen and oxygen atoms in total. The summed E-state index contributed by atoms with van der Waals surface area (Å²) >= 11 is 1.73. The van der Waals surface area contributed by atoms with E-state index in [0.29, 0.717) is 6.04 Å². The predicted molar refractivity (Wildman–Crippen MR) is 99.7 cm³/mol. The van der Waals surface area contributed by atoms with Gasteiger partial charge in [0.25, 0.3) is 0 Å². The molecular formula is C19H24N4S. The topological polar surface area (TPSA) is 41.1 Å². The molecular weight excluding hydrogens is 316 g/mol. The molecule has 24 heavy (non-hydrogen) atoms. The number of rotatable bonds is 4. The van der Waals surface area contributed by atoms with Gasteiger partial charge in [-0.25, -0.2) is 9.97 Å². The van der Waals surface area contributed by atoms with E-state index in [1.54, 1.807) is 11.8 Å². The molecule has 2 aromatic rings. The smallest absolute Gasteiger partial charge is 0.189 e. The van der Waals surface area contributed by atoms with E-state index in [4.69, 9.17) is 9.97 Å². The number of nitrogens with zero attached hydrogens (tertiary/aromatic N) is 3. The van der Waals surface area contributed by atoms with Crippen LogP contribution in [0.3, 0.4) is 0 Å². The highest BCUT2D eigenvalue weighted by molar-refractivity contribution is 7.99. The monoisotopic (exact) mass is 340 g/mol. The molecule has 2 heterocycles. The normalized spacial score (nSPS) is 17.6. The van der Waals surface area contributed by atoms with Gasteiger partial charge in [0.2, 0.25) is 0 Å². The second kappa shape index (κ2) is 6.73. The highest BCUT2D eigenvalue weighted by Crippen LogP contribution is 2.29. The number of fused-ring (bicyclic) bond motifs is 2. The molecule has 0 atom stereocenters. The largest absolute Gasteiger partial charge is 0.366 e. The molecule has 1 aromatic heterocycles. The molecule has 0 amide bonds. The van der Waals surface area contributed by atoms with Gasteiger partial charge in [0.1, 0.15) is 5.82 Å². The molecule has 0 spiro atoms. The van der Waals surface area contributed by atoms with Crippen LogP contribution in [0.15, 0.2) is 29.4 Å². The fraction of sp³-hybridized carbons (Fsp3) is 0.474. The van der Waals surface area contributed by atoms with Crippen molar-refractivity contribution in [2.24, 2.45) is 0 Å². The number of likely N-dealkylation sites (N-methyl/N-ethyl adjacent to an activating group) is 1. The highest BCUT2D eigenvalue weighted by Gasteiger charge is 2.25. The van der Waals surface area contributed by atoms with E-state index in [1.807, 2.05) is 0 Å². The molecule has 0 unspecified atom stereocenters. The fourth-order valence-corrected chi connectivity index (χ4v) is 4.28. The first kappa shape index (κ1) is 15.9. The van der Waals surface area contributed by atoms with Crippen LogP contribution in [0.4, 0.5) is 5.82 Å². The summed E-state index contributed by atoms with van der Waals surface area (Å²) in [5.74, 6) is 2.06. The Morgan fingerprint density at radius 2 is 1.96 bits per heavy atom. The Morgan fingerprint density at radius 1 is 1.21 bits per heavy atom. The molecule has 1 N–H and O–H groups in total. The molecule has 1 aliphatic heterocycles. The zero-order valence-corrected chi connectivity index (χ0v) is 15.2. The van der Waals surface area contributed by atoms with Crippen molar-refractivity contribution in [3.8, 4) is 0 Å². The van der Waals surface area contributed by atoms with Gasteiger partial charge in [-0.1, -0.05) is 43.0 Å². The van der Waals surface area contributed by atoms with E-state index < -0.39 is 0 Å². The summed E-state index contributed by atoms with van der Waals surface area (Å²) in [5, 5.41) is 4.66. The first-order chi connectivity index (χ1) is 11.7. The van der Waals surface area contributed by atoms with Gasteiger partial charge in [-0.3, -0.25) is 0 Å². The zero-order valence-electron chi connectivity index (χ0n) is 14.4. The minimum atomic E-state index is 0.438. The lowest BCUT2D eigenvalue weighted by Crippen LogP contribution is -2.30. The summed E-state index contributed by atoms with van der Waals surface area (Å²) in [6.07, 6.45) is 3.19. The predicted octanol–water partition coefficient (Wildman–Crippen LogP) is 3.16. The number of thioether (sulfide) groups is 1. The molecule has 126 valence electrons. The third-order valence-electron chi connectivity index (χ3n) is 4.90. The summed E-state index contributed by atoms with van der Waals surface area (Å²) in [5.41, 5.74) is 5.47.